The van der Waals surface area contributed by atoms with Crippen molar-refractivity contribution < 1.29 is 9.53 Å². The van der Waals surface area contributed by atoms with Crippen molar-refractivity contribution >= 4 is 33.1 Å². The Hall–Kier alpha value is -3.18. The third kappa shape index (κ3) is 3.06. The van der Waals surface area contributed by atoms with Crippen molar-refractivity contribution in [3.05, 3.63) is 88.9 Å². The number of nitrogens with one attached hydrogen (secondary N) is 1. The second-order valence-corrected chi connectivity index (χ2v) is 8.88. The standard InChI is InChI=1S/C25H22N2O2S/c1-25(23(28)27-24-26-11-12-30-24)15-19-9-10-20(29-2)14-21(19)22(25)18-8-7-16-5-3-4-6-17(16)13-18/h3-14,22H,15H2,1-2H3,(H,26,27,28)/t22-,25+/m0/s1. The van der Waals surface area contributed by atoms with Crippen molar-refractivity contribution in [2.24, 2.45) is 5.41 Å². The minimum absolute atomic E-state index is 0.00854. The maximum atomic E-state index is 13.5. The first-order valence-corrected chi connectivity index (χ1v) is 10.8. The number of ether oxygens (including phenoxy) is 1. The average Bonchev–Trinajstić information content (AvgIpc) is 3.38. The van der Waals surface area contributed by atoms with Crippen LogP contribution >= 0.6 is 11.3 Å². The van der Waals surface area contributed by atoms with Gasteiger partial charge in [0.1, 0.15) is 5.75 Å². The molecular formula is C25H22N2O2S. The highest BCUT2D eigenvalue weighted by molar-refractivity contribution is 7.13. The summed E-state index contributed by atoms with van der Waals surface area (Å²) in [5, 5.41) is 7.91. The molecule has 5 heteroatoms. The summed E-state index contributed by atoms with van der Waals surface area (Å²) in [6.45, 7) is 2.06. The number of fused-ring (bicyclic) bond motifs is 2. The van der Waals surface area contributed by atoms with Gasteiger partial charge in [0.15, 0.2) is 5.13 Å². The molecule has 0 unspecified atom stereocenters. The summed E-state index contributed by atoms with van der Waals surface area (Å²) in [5.41, 5.74) is 2.84. The van der Waals surface area contributed by atoms with Crippen molar-refractivity contribution in [2.75, 3.05) is 12.4 Å². The van der Waals surface area contributed by atoms with Crippen LogP contribution in [0.15, 0.2) is 72.2 Å². The van der Waals surface area contributed by atoms with Crippen molar-refractivity contribution in [2.45, 2.75) is 19.3 Å². The molecule has 1 amide bonds. The van der Waals surface area contributed by atoms with Crippen molar-refractivity contribution in [3.8, 4) is 5.75 Å². The number of nitrogens with zero attached hydrogens (tertiary/aromatic N) is 1. The molecule has 150 valence electrons. The Morgan fingerprint density at radius 3 is 2.73 bits per heavy atom. The van der Waals surface area contributed by atoms with E-state index in [9.17, 15) is 4.79 Å². The van der Waals surface area contributed by atoms with Crippen LogP contribution in [0.4, 0.5) is 5.13 Å². The van der Waals surface area contributed by atoms with Crippen LogP contribution in [-0.2, 0) is 11.2 Å². The lowest BCUT2D eigenvalue weighted by Crippen LogP contribution is -2.37. The van der Waals surface area contributed by atoms with Crippen LogP contribution in [0.1, 0.15) is 29.5 Å². The highest BCUT2D eigenvalue weighted by Gasteiger charge is 2.49. The Morgan fingerprint density at radius 2 is 1.97 bits per heavy atom. The second-order valence-electron chi connectivity index (χ2n) is 7.99. The molecular weight excluding hydrogens is 392 g/mol. The van der Waals surface area contributed by atoms with Gasteiger partial charge in [-0.2, -0.15) is 0 Å². The highest BCUT2D eigenvalue weighted by atomic mass is 32.1. The molecule has 1 aromatic heterocycles. The summed E-state index contributed by atoms with van der Waals surface area (Å²) < 4.78 is 5.50. The second kappa shape index (κ2) is 7.26. The Balaban J connectivity index is 1.64. The largest absolute Gasteiger partial charge is 0.497 e. The maximum Gasteiger partial charge on any atom is 0.233 e. The third-order valence-corrected chi connectivity index (χ3v) is 6.83. The maximum absolute atomic E-state index is 13.5. The quantitative estimate of drug-likeness (QED) is 0.470. The van der Waals surface area contributed by atoms with Gasteiger partial charge in [-0.15, -0.1) is 11.3 Å². The zero-order valence-electron chi connectivity index (χ0n) is 16.9. The molecule has 0 aliphatic heterocycles. The lowest BCUT2D eigenvalue weighted by molar-refractivity contribution is -0.125. The zero-order chi connectivity index (χ0) is 20.7. The topological polar surface area (TPSA) is 51.2 Å². The monoisotopic (exact) mass is 414 g/mol. The Labute approximate surface area is 179 Å². The normalized spacial score (nSPS) is 20.1. The number of hydrogen-bond donors (Lipinski definition) is 1. The van der Waals surface area contributed by atoms with Crippen molar-refractivity contribution in [1.82, 2.24) is 4.98 Å². The predicted molar refractivity (Wildman–Crippen MR) is 121 cm³/mol. The van der Waals surface area contributed by atoms with Gasteiger partial charge in [-0.3, -0.25) is 4.79 Å². The Morgan fingerprint density at radius 1 is 1.13 bits per heavy atom. The molecule has 3 aromatic carbocycles. The molecule has 2 atom stereocenters. The minimum atomic E-state index is -0.636. The van der Waals surface area contributed by atoms with Crippen molar-refractivity contribution in [1.29, 1.82) is 0 Å². The van der Waals surface area contributed by atoms with E-state index in [2.05, 4.69) is 59.7 Å². The van der Waals surface area contributed by atoms with Crippen LogP contribution in [0.3, 0.4) is 0 Å². The Kier molecular flexibility index (Phi) is 4.55. The smallest absolute Gasteiger partial charge is 0.233 e. The van der Waals surface area contributed by atoms with Gasteiger partial charge < -0.3 is 10.1 Å². The van der Waals surface area contributed by atoms with Gasteiger partial charge in [-0.1, -0.05) is 48.5 Å². The van der Waals surface area contributed by atoms with E-state index in [0.29, 0.717) is 11.6 Å². The zero-order valence-corrected chi connectivity index (χ0v) is 17.7. The number of methoxy groups -OCH3 is 1. The van der Waals surface area contributed by atoms with Crippen LogP contribution in [0, 0.1) is 5.41 Å². The number of amides is 1. The fourth-order valence-electron chi connectivity index (χ4n) is 4.64. The van der Waals surface area contributed by atoms with Crippen molar-refractivity contribution in [3.63, 3.8) is 0 Å². The predicted octanol–water partition coefficient (Wildman–Crippen LogP) is 5.64. The first-order chi connectivity index (χ1) is 14.6. The van der Waals surface area contributed by atoms with E-state index in [4.69, 9.17) is 4.74 Å². The summed E-state index contributed by atoms with van der Waals surface area (Å²) in [6, 6.07) is 21.0. The molecule has 1 heterocycles. The van der Waals surface area contributed by atoms with E-state index in [1.807, 2.05) is 23.6 Å². The average molecular weight is 415 g/mol. The van der Waals surface area contributed by atoms with Crippen LogP contribution in [0.5, 0.6) is 5.75 Å². The molecule has 30 heavy (non-hydrogen) atoms. The van der Waals surface area contributed by atoms with Gasteiger partial charge >= 0.3 is 0 Å². The van der Waals surface area contributed by atoms with E-state index >= 15 is 0 Å². The lowest BCUT2D eigenvalue weighted by atomic mass is 9.73. The van der Waals surface area contributed by atoms with Crippen LogP contribution < -0.4 is 10.1 Å². The van der Waals surface area contributed by atoms with Gasteiger partial charge in [0.25, 0.3) is 0 Å². The SMILES string of the molecule is COc1ccc2c(c1)[C@H](c1ccc3ccccc3c1)[C@](C)(C(=O)Nc1nccs1)C2. The molecule has 1 N–H and O–H groups in total. The fraction of sp³-hybridized carbons (Fsp3) is 0.200. The van der Waals surface area contributed by atoms with Crippen LogP contribution in [0.2, 0.25) is 0 Å². The van der Waals surface area contributed by atoms with Crippen LogP contribution in [0.25, 0.3) is 10.8 Å². The first kappa shape index (κ1) is 18.8. The number of aromatic nitrogens is 1. The summed E-state index contributed by atoms with van der Waals surface area (Å²) >= 11 is 1.43. The van der Waals surface area contributed by atoms with E-state index in [1.54, 1.807) is 13.3 Å². The number of thiazole rings is 1. The van der Waals surface area contributed by atoms with Gasteiger partial charge in [-0.25, -0.2) is 4.98 Å². The van der Waals surface area contributed by atoms with E-state index in [1.165, 1.54) is 27.7 Å². The molecule has 0 saturated heterocycles. The number of carbonyl (C=O) groups excluding carboxylic acids is 1. The molecule has 5 rings (SSSR count). The van der Waals surface area contributed by atoms with Gasteiger partial charge in [0.05, 0.1) is 12.5 Å². The molecule has 1 aliphatic carbocycles. The Bertz CT molecular complexity index is 1240. The van der Waals surface area contributed by atoms with Gasteiger partial charge in [-0.05, 0) is 52.9 Å². The minimum Gasteiger partial charge on any atom is -0.497 e. The fourth-order valence-corrected chi connectivity index (χ4v) is 5.17. The summed E-state index contributed by atoms with van der Waals surface area (Å²) in [5.74, 6) is 0.724. The van der Waals surface area contributed by atoms with E-state index in [0.717, 1.165) is 16.9 Å². The molecule has 0 bridgehead atoms. The molecule has 4 nitrogen and oxygen atoms in total. The highest BCUT2D eigenvalue weighted by Crippen LogP contribution is 2.52. The third-order valence-electron chi connectivity index (χ3n) is 6.14. The first-order valence-electron chi connectivity index (χ1n) is 9.95. The number of rotatable bonds is 4. The summed E-state index contributed by atoms with van der Waals surface area (Å²) in [4.78, 5) is 17.8. The number of carbonyl (C=O) groups is 1. The number of hydrogen-bond acceptors (Lipinski definition) is 4. The molecule has 0 spiro atoms. The van der Waals surface area contributed by atoms with E-state index < -0.39 is 5.41 Å². The number of anilines is 1. The molecule has 0 saturated carbocycles. The summed E-state index contributed by atoms with van der Waals surface area (Å²) in [6.07, 6.45) is 2.37. The van der Waals surface area contributed by atoms with Gasteiger partial charge in [0, 0.05) is 17.5 Å². The molecule has 4 aromatic rings. The molecule has 1 aliphatic rings. The molecule has 0 radical (unpaired) electrons. The number of benzene rings is 3. The summed E-state index contributed by atoms with van der Waals surface area (Å²) in [7, 11) is 1.68. The van der Waals surface area contributed by atoms with Gasteiger partial charge in [0.2, 0.25) is 5.91 Å². The molecule has 0 fully saturated rings. The van der Waals surface area contributed by atoms with E-state index in [-0.39, 0.29) is 11.8 Å². The lowest BCUT2D eigenvalue weighted by Gasteiger charge is -2.31. The van der Waals surface area contributed by atoms with Crippen LogP contribution in [-0.4, -0.2) is 18.0 Å².